The maximum atomic E-state index is 4.15. The van der Waals surface area contributed by atoms with Crippen LogP contribution in [0.25, 0.3) is 0 Å². The van der Waals surface area contributed by atoms with Crippen LogP contribution < -0.4 is 4.90 Å². The van der Waals surface area contributed by atoms with E-state index in [-0.39, 0.29) is 0 Å². The summed E-state index contributed by atoms with van der Waals surface area (Å²) in [5.41, 5.74) is 1.82. The van der Waals surface area contributed by atoms with Crippen LogP contribution in [-0.2, 0) is 0 Å². The molecule has 15 heavy (non-hydrogen) atoms. The fraction of sp³-hybridized carbons (Fsp3) is 0.615. The summed E-state index contributed by atoms with van der Waals surface area (Å²) in [6, 6.07) is 4.12. The zero-order valence-corrected chi connectivity index (χ0v) is 9.90. The molecular weight excluding hydrogens is 184 g/mol. The zero-order valence-electron chi connectivity index (χ0n) is 9.90. The lowest BCUT2D eigenvalue weighted by molar-refractivity contribution is 0.369. The smallest absolute Gasteiger partial charge is 0.0550 e. The number of anilines is 1. The lowest BCUT2D eigenvalue weighted by atomic mass is 9.92. The molecule has 1 aliphatic rings. The lowest BCUT2D eigenvalue weighted by Gasteiger charge is -2.26. The number of pyridine rings is 1. The maximum absolute atomic E-state index is 4.15. The van der Waals surface area contributed by atoms with Gasteiger partial charge < -0.3 is 4.90 Å². The van der Waals surface area contributed by atoms with E-state index >= 15 is 0 Å². The molecule has 2 nitrogen and oxygen atoms in total. The molecule has 1 aromatic heterocycles. The third-order valence-corrected chi connectivity index (χ3v) is 3.86. The first-order chi connectivity index (χ1) is 7.12. The third-order valence-electron chi connectivity index (χ3n) is 3.86. The second-order valence-electron chi connectivity index (χ2n) is 5.15. The Morgan fingerprint density at radius 2 is 2.27 bits per heavy atom. The third kappa shape index (κ3) is 2.31. The first-order valence-electron chi connectivity index (χ1n) is 5.73. The number of aromatic nitrogens is 1. The minimum absolute atomic E-state index is 0.608. The van der Waals surface area contributed by atoms with Gasteiger partial charge in [0.2, 0.25) is 0 Å². The number of hydrogen-bond donors (Lipinski definition) is 0. The fourth-order valence-corrected chi connectivity index (χ4v) is 2.01. The normalized spacial score (nSPS) is 19.7. The Balaban J connectivity index is 1.95. The number of nitrogens with zero attached hydrogens (tertiary/aromatic N) is 2. The zero-order chi connectivity index (χ0) is 10.9. The van der Waals surface area contributed by atoms with E-state index in [1.54, 1.807) is 0 Å². The van der Waals surface area contributed by atoms with Crippen LogP contribution in [0.5, 0.6) is 0 Å². The molecule has 1 atom stereocenters. The van der Waals surface area contributed by atoms with Crippen molar-refractivity contribution in [3.05, 3.63) is 24.5 Å². The van der Waals surface area contributed by atoms with Crippen LogP contribution in [0.1, 0.15) is 26.7 Å². The highest BCUT2D eigenvalue weighted by Gasteiger charge is 2.42. The predicted octanol–water partition coefficient (Wildman–Crippen LogP) is 2.95. The summed E-state index contributed by atoms with van der Waals surface area (Å²) in [7, 11) is 2.15. The Labute approximate surface area is 92.3 Å². The van der Waals surface area contributed by atoms with Crippen molar-refractivity contribution in [1.29, 1.82) is 0 Å². The van der Waals surface area contributed by atoms with Crippen molar-refractivity contribution in [3.8, 4) is 0 Å². The van der Waals surface area contributed by atoms with Crippen LogP contribution in [0.15, 0.2) is 24.5 Å². The first kappa shape index (κ1) is 10.5. The lowest BCUT2D eigenvalue weighted by Crippen LogP contribution is -2.28. The molecule has 1 heterocycles. The molecule has 1 fully saturated rings. The van der Waals surface area contributed by atoms with Crippen molar-refractivity contribution >= 4 is 5.69 Å². The van der Waals surface area contributed by atoms with Gasteiger partial charge >= 0.3 is 0 Å². The minimum atomic E-state index is 0.608. The Bertz CT molecular complexity index is 317. The SMILES string of the molecule is CC(CN(C)c1cccnc1)C1(C)CC1. The summed E-state index contributed by atoms with van der Waals surface area (Å²) in [5, 5.41) is 0. The van der Waals surface area contributed by atoms with E-state index in [9.17, 15) is 0 Å². The number of hydrogen-bond acceptors (Lipinski definition) is 2. The molecular formula is C13H20N2. The van der Waals surface area contributed by atoms with Gasteiger partial charge in [0.05, 0.1) is 11.9 Å². The van der Waals surface area contributed by atoms with Gasteiger partial charge in [0.15, 0.2) is 0 Å². The van der Waals surface area contributed by atoms with Crippen LogP contribution in [0.3, 0.4) is 0 Å². The Morgan fingerprint density at radius 3 is 2.80 bits per heavy atom. The molecule has 0 spiro atoms. The monoisotopic (exact) mass is 204 g/mol. The molecule has 2 heteroatoms. The van der Waals surface area contributed by atoms with Crippen LogP contribution in [0, 0.1) is 11.3 Å². The molecule has 1 saturated carbocycles. The average Bonchev–Trinajstić information content (AvgIpc) is 2.99. The molecule has 0 aromatic carbocycles. The molecule has 1 unspecified atom stereocenters. The van der Waals surface area contributed by atoms with Crippen molar-refractivity contribution in [1.82, 2.24) is 4.98 Å². The van der Waals surface area contributed by atoms with Gasteiger partial charge in [-0.25, -0.2) is 0 Å². The van der Waals surface area contributed by atoms with Gasteiger partial charge in [-0.15, -0.1) is 0 Å². The Morgan fingerprint density at radius 1 is 1.53 bits per heavy atom. The predicted molar refractivity (Wildman–Crippen MR) is 64.0 cm³/mol. The first-order valence-corrected chi connectivity index (χ1v) is 5.73. The molecule has 1 aliphatic carbocycles. The van der Waals surface area contributed by atoms with Crippen molar-refractivity contribution in [2.24, 2.45) is 11.3 Å². The molecule has 0 N–H and O–H groups in total. The Hall–Kier alpha value is -1.05. The van der Waals surface area contributed by atoms with Gasteiger partial charge in [-0.3, -0.25) is 4.98 Å². The van der Waals surface area contributed by atoms with Gasteiger partial charge in [-0.2, -0.15) is 0 Å². The largest absolute Gasteiger partial charge is 0.373 e. The molecule has 0 amide bonds. The van der Waals surface area contributed by atoms with E-state index in [1.807, 2.05) is 18.5 Å². The second kappa shape index (κ2) is 3.84. The van der Waals surface area contributed by atoms with E-state index in [0.29, 0.717) is 5.41 Å². The second-order valence-corrected chi connectivity index (χ2v) is 5.15. The van der Waals surface area contributed by atoms with E-state index in [0.717, 1.165) is 12.5 Å². The van der Waals surface area contributed by atoms with E-state index in [1.165, 1.54) is 18.5 Å². The van der Waals surface area contributed by atoms with Crippen LogP contribution >= 0.6 is 0 Å². The molecule has 0 radical (unpaired) electrons. The average molecular weight is 204 g/mol. The quantitative estimate of drug-likeness (QED) is 0.749. The maximum Gasteiger partial charge on any atom is 0.0550 e. The number of rotatable bonds is 4. The van der Waals surface area contributed by atoms with Gasteiger partial charge in [0, 0.05) is 19.8 Å². The van der Waals surface area contributed by atoms with Gasteiger partial charge in [-0.05, 0) is 36.3 Å². The molecule has 0 aliphatic heterocycles. The highest BCUT2D eigenvalue weighted by atomic mass is 15.1. The van der Waals surface area contributed by atoms with Crippen LogP contribution in [-0.4, -0.2) is 18.6 Å². The van der Waals surface area contributed by atoms with Gasteiger partial charge in [0.25, 0.3) is 0 Å². The minimum Gasteiger partial charge on any atom is -0.373 e. The summed E-state index contributed by atoms with van der Waals surface area (Å²) in [6.45, 7) is 5.89. The molecule has 82 valence electrons. The molecule has 0 saturated heterocycles. The van der Waals surface area contributed by atoms with Crippen molar-refractivity contribution in [2.45, 2.75) is 26.7 Å². The summed E-state index contributed by atoms with van der Waals surface area (Å²) in [6.07, 6.45) is 6.55. The van der Waals surface area contributed by atoms with E-state index < -0.39 is 0 Å². The molecule has 1 aromatic rings. The van der Waals surface area contributed by atoms with E-state index in [2.05, 4.69) is 36.8 Å². The van der Waals surface area contributed by atoms with Crippen LogP contribution in [0.4, 0.5) is 5.69 Å². The molecule has 2 rings (SSSR count). The summed E-state index contributed by atoms with van der Waals surface area (Å²) < 4.78 is 0. The van der Waals surface area contributed by atoms with E-state index in [4.69, 9.17) is 0 Å². The highest BCUT2D eigenvalue weighted by molar-refractivity contribution is 5.42. The Kier molecular flexibility index (Phi) is 2.68. The summed E-state index contributed by atoms with van der Waals surface area (Å²) in [4.78, 5) is 6.46. The standard InChI is InChI=1S/C13H20N2/c1-11(13(2)6-7-13)10-15(3)12-5-4-8-14-9-12/h4-5,8-9,11H,6-7,10H2,1-3H3. The summed E-state index contributed by atoms with van der Waals surface area (Å²) in [5.74, 6) is 0.766. The van der Waals surface area contributed by atoms with Crippen molar-refractivity contribution < 1.29 is 0 Å². The molecule has 0 bridgehead atoms. The van der Waals surface area contributed by atoms with Crippen LogP contribution in [0.2, 0.25) is 0 Å². The van der Waals surface area contributed by atoms with Crippen molar-refractivity contribution in [2.75, 3.05) is 18.5 Å². The van der Waals surface area contributed by atoms with Crippen molar-refractivity contribution in [3.63, 3.8) is 0 Å². The fourth-order valence-electron chi connectivity index (χ4n) is 2.01. The van der Waals surface area contributed by atoms with Gasteiger partial charge in [-0.1, -0.05) is 13.8 Å². The van der Waals surface area contributed by atoms with Gasteiger partial charge in [0.1, 0.15) is 0 Å². The summed E-state index contributed by atoms with van der Waals surface area (Å²) >= 11 is 0. The highest BCUT2D eigenvalue weighted by Crippen LogP contribution is 2.51. The topological polar surface area (TPSA) is 16.1 Å².